The van der Waals surface area contributed by atoms with Gasteiger partial charge in [0, 0.05) is 13.3 Å². The maximum absolute atomic E-state index is 11.2. The first-order valence-electron chi connectivity index (χ1n) is 8.65. The number of hydrogen-bond donors (Lipinski definition) is 1. The number of aryl methyl sites for hydroxylation is 1. The molecule has 0 saturated heterocycles. The molecule has 0 fully saturated rings. The maximum Gasteiger partial charge on any atom is 0.303 e. The molecule has 0 heterocycles. The first-order chi connectivity index (χ1) is 12.6. The second-order valence-corrected chi connectivity index (χ2v) is 5.87. The fourth-order valence-corrected chi connectivity index (χ4v) is 2.40. The average molecular weight is 352 g/mol. The molecule has 4 nitrogen and oxygen atoms in total. The van der Waals surface area contributed by atoms with Crippen molar-refractivity contribution in [3.63, 3.8) is 0 Å². The van der Waals surface area contributed by atoms with E-state index in [0.717, 1.165) is 12.0 Å². The normalized spacial score (nSPS) is 12.5. The largest absolute Gasteiger partial charge is 0.447 e. The van der Waals surface area contributed by atoms with Gasteiger partial charge in [-0.3, -0.25) is 4.79 Å². The zero-order valence-electron chi connectivity index (χ0n) is 14.9. The number of aliphatic hydroxyl groups is 1. The lowest BCUT2D eigenvalue weighted by atomic mass is 10.1. The molecule has 0 aliphatic carbocycles. The van der Waals surface area contributed by atoms with Crippen LogP contribution in [0.15, 0.2) is 60.7 Å². The molecule has 4 heteroatoms. The molecule has 0 bridgehead atoms. The van der Waals surface area contributed by atoms with Crippen LogP contribution >= 0.6 is 0 Å². The van der Waals surface area contributed by atoms with E-state index < -0.39 is 18.2 Å². The van der Waals surface area contributed by atoms with Gasteiger partial charge in [0.2, 0.25) is 0 Å². The lowest BCUT2D eigenvalue weighted by molar-refractivity contribution is -0.146. The number of benzene rings is 2. The number of hydrogen-bond acceptors (Lipinski definition) is 4. The van der Waals surface area contributed by atoms with Gasteiger partial charge in [-0.15, -0.1) is 0 Å². The molecular formula is C22H24O4. The molecule has 2 aromatic rings. The van der Waals surface area contributed by atoms with Crippen molar-refractivity contribution in [3.05, 3.63) is 71.8 Å². The van der Waals surface area contributed by atoms with Crippen molar-refractivity contribution in [1.82, 2.24) is 0 Å². The molecule has 0 aromatic heterocycles. The number of ether oxygens (including phenoxy) is 2. The van der Waals surface area contributed by atoms with E-state index in [2.05, 4.69) is 24.0 Å². The second kappa shape index (κ2) is 11.1. The number of carbonyl (C=O) groups excluding carboxylic acids is 1. The van der Waals surface area contributed by atoms with Gasteiger partial charge < -0.3 is 14.6 Å². The Morgan fingerprint density at radius 3 is 2.35 bits per heavy atom. The van der Waals surface area contributed by atoms with E-state index in [1.807, 2.05) is 48.5 Å². The van der Waals surface area contributed by atoms with Crippen LogP contribution in [0.5, 0.6) is 0 Å². The topological polar surface area (TPSA) is 55.8 Å². The zero-order valence-corrected chi connectivity index (χ0v) is 14.9. The molecule has 2 unspecified atom stereocenters. The molecule has 0 spiro atoms. The van der Waals surface area contributed by atoms with Crippen LogP contribution in [0.25, 0.3) is 0 Å². The fourth-order valence-electron chi connectivity index (χ4n) is 2.40. The van der Waals surface area contributed by atoms with Gasteiger partial charge in [0.05, 0.1) is 13.2 Å². The molecule has 136 valence electrons. The van der Waals surface area contributed by atoms with Gasteiger partial charge in [0.15, 0.2) is 6.10 Å². The van der Waals surface area contributed by atoms with Crippen LogP contribution in [0.4, 0.5) is 0 Å². The van der Waals surface area contributed by atoms with Crippen molar-refractivity contribution in [1.29, 1.82) is 0 Å². The zero-order chi connectivity index (χ0) is 18.6. The van der Waals surface area contributed by atoms with E-state index in [1.54, 1.807) is 0 Å². The molecule has 1 N–H and O–H groups in total. The van der Waals surface area contributed by atoms with Crippen molar-refractivity contribution in [3.8, 4) is 11.8 Å². The van der Waals surface area contributed by atoms with Crippen LogP contribution in [-0.2, 0) is 20.7 Å². The standard InChI is InChI=1S/C22H24O4/c1-18(23)26-21(15-9-8-12-19-10-4-2-5-11-19)16-25-17-22(24)20-13-6-3-7-14-20/h2-7,10-11,13-14,21-22,24H,8,12,16-17H2,1H3. The highest BCUT2D eigenvalue weighted by Gasteiger charge is 2.12. The highest BCUT2D eigenvalue weighted by Crippen LogP contribution is 2.12. The second-order valence-electron chi connectivity index (χ2n) is 5.87. The van der Waals surface area contributed by atoms with E-state index in [4.69, 9.17) is 9.47 Å². The van der Waals surface area contributed by atoms with Gasteiger partial charge in [-0.25, -0.2) is 0 Å². The molecule has 2 aromatic carbocycles. The Hall–Kier alpha value is -2.61. The minimum absolute atomic E-state index is 0.119. The maximum atomic E-state index is 11.2. The Morgan fingerprint density at radius 1 is 1.04 bits per heavy atom. The van der Waals surface area contributed by atoms with Crippen LogP contribution in [0, 0.1) is 11.8 Å². The van der Waals surface area contributed by atoms with Crippen LogP contribution in [0.2, 0.25) is 0 Å². The third-order valence-corrected chi connectivity index (χ3v) is 3.68. The highest BCUT2D eigenvalue weighted by atomic mass is 16.6. The van der Waals surface area contributed by atoms with Gasteiger partial charge >= 0.3 is 5.97 Å². The highest BCUT2D eigenvalue weighted by molar-refractivity contribution is 5.66. The summed E-state index contributed by atoms with van der Waals surface area (Å²) in [4.78, 5) is 11.2. The summed E-state index contributed by atoms with van der Waals surface area (Å²) in [5, 5.41) is 10.1. The molecule has 0 aliphatic heterocycles. The molecule has 26 heavy (non-hydrogen) atoms. The smallest absolute Gasteiger partial charge is 0.303 e. The van der Waals surface area contributed by atoms with Gasteiger partial charge in [-0.1, -0.05) is 72.5 Å². The Bertz CT molecular complexity index is 716. The number of aliphatic hydroxyl groups excluding tert-OH is 1. The van der Waals surface area contributed by atoms with Crippen molar-refractivity contribution in [2.75, 3.05) is 13.2 Å². The predicted octanol–water partition coefficient (Wildman–Crippen LogP) is 3.30. The molecule has 0 amide bonds. The van der Waals surface area contributed by atoms with Gasteiger partial charge in [-0.05, 0) is 17.5 Å². The summed E-state index contributed by atoms with van der Waals surface area (Å²) < 4.78 is 10.7. The Balaban J connectivity index is 1.79. The minimum Gasteiger partial charge on any atom is -0.447 e. The Kier molecular flexibility index (Phi) is 8.41. The summed E-state index contributed by atoms with van der Waals surface area (Å²) in [6.45, 7) is 1.59. The van der Waals surface area contributed by atoms with Crippen molar-refractivity contribution in [2.45, 2.75) is 32.0 Å². The average Bonchev–Trinajstić information content (AvgIpc) is 2.66. The summed E-state index contributed by atoms with van der Waals surface area (Å²) in [6, 6.07) is 19.4. The minimum atomic E-state index is -0.722. The molecule has 2 atom stereocenters. The SMILES string of the molecule is CC(=O)OC(C#CCCc1ccccc1)COCC(O)c1ccccc1. The monoisotopic (exact) mass is 352 g/mol. The quantitative estimate of drug-likeness (QED) is 0.585. The third-order valence-electron chi connectivity index (χ3n) is 3.68. The summed E-state index contributed by atoms with van der Waals surface area (Å²) in [7, 11) is 0. The van der Waals surface area contributed by atoms with E-state index in [1.165, 1.54) is 12.5 Å². The summed E-state index contributed by atoms with van der Waals surface area (Å²) >= 11 is 0. The molecule has 0 saturated carbocycles. The Morgan fingerprint density at radius 2 is 1.69 bits per heavy atom. The summed E-state index contributed by atoms with van der Waals surface area (Å²) in [6.07, 6.45) is 0.161. The Labute approximate surface area is 154 Å². The van der Waals surface area contributed by atoms with Gasteiger partial charge in [0.25, 0.3) is 0 Å². The lowest BCUT2D eigenvalue weighted by Crippen LogP contribution is -2.22. The first kappa shape index (κ1) is 19.7. The third kappa shape index (κ3) is 7.52. The summed E-state index contributed by atoms with van der Waals surface area (Å²) in [5.74, 6) is 5.57. The fraction of sp³-hybridized carbons (Fsp3) is 0.318. The molecule has 0 aliphatic rings. The first-order valence-corrected chi connectivity index (χ1v) is 8.65. The van der Waals surface area contributed by atoms with Crippen molar-refractivity contribution in [2.24, 2.45) is 0 Å². The van der Waals surface area contributed by atoms with E-state index in [0.29, 0.717) is 6.42 Å². The van der Waals surface area contributed by atoms with Gasteiger partial charge in [-0.2, -0.15) is 0 Å². The predicted molar refractivity (Wildman–Crippen MR) is 100 cm³/mol. The van der Waals surface area contributed by atoms with Crippen LogP contribution < -0.4 is 0 Å². The molecule has 2 rings (SSSR count). The number of carbonyl (C=O) groups is 1. The van der Waals surface area contributed by atoms with E-state index >= 15 is 0 Å². The van der Waals surface area contributed by atoms with E-state index in [-0.39, 0.29) is 13.2 Å². The van der Waals surface area contributed by atoms with Crippen molar-refractivity contribution >= 4 is 5.97 Å². The molecular weight excluding hydrogens is 328 g/mol. The summed E-state index contributed by atoms with van der Waals surface area (Å²) in [5.41, 5.74) is 2.00. The van der Waals surface area contributed by atoms with Gasteiger partial charge in [0.1, 0.15) is 6.10 Å². The van der Waals surface area contributed by atoms with Crippen LogP contribution in [0.1, 0.15) is 30.6 Å². The number of esters is 1. The van der Waals surface area contributed by atoms with Crippen LogP contribution in [-0.4, -0.2) is 30.4 Å². The van der Waals surface area contributed by atoms with E-state index in [9.17, 15) is 9.90 Å². The van der Waals surface area contributed by atoms with Crippen molar-refractivity contribution < 1.29 is 19.4 Å². The molecule has 0 radical (unpaired) electrons. The lowest BCUT2D eigenvalue weighted by Gasteiger charge is -2.14. The van der Waals surface area contributed by atoms with Crippen LogP contribution in [0.3, 0.4) is 0 Å². The number of rotatable bonds is 8.